The third kappa shape index (κ3) is 2.88. The Hall–Kier alpha value is -1.42. The van der Waals surface area contributed by atoms with Gasteiger partial charge in [-0.1, -0.05) is 11.6 Å². The predicted octanol–water partition coefficient (Wildman–Crippen LogP) is 3.35. The number of aliphatic imine (C=N–C) groups is 1. The lowest BCUT2D eigenvalue weighted by molar-refractivity contribution is 0.396. The Labute approximate surface area is 112 Å². The zero-order valence-corrected chi connectivity index (χ0v) is 11.4. The number of hydrogen-bond donors (Lipinski definition) is 1. The number of nitrogens with one attached hydrogen (secondary N) is 1. The maximum Gasteiger partial charge on any atom is 0.146 e. The minimum absolute atomic E-state index is 0.553. The fourth-order valence-corrected chi connectivity index (χ4v) is 2.15. The van der Waals surface area contributed by atoms with Gasteiger partial charge in [-0.05, 0) is 18.9 Å². The highest BCUT2D eigenvalue weighted by atomic mass is 35.5. The Kier molecular flexibility index (Phi) is 4.31. The number of rotatable bonds is 3. The summed E-state index contributed by atoms with van der Waals surface area (Å²) in [5.41, 5.74) is 0.823. The minimum atomic E-state index is 0.553. The Balaban J connectivity index is 2.26. The SMILES string of the molecule is COc1cc(OC)c(NC2=NCCCC2)cc1Cl. The minimum Gasteiger partial charge on any atom is -0.495 e. The topological polar surface area (TPSA) is 42.9 Å². The van der Waals surface area contributed by atoms with Crippen LogP contribution in [0.1, 0.15) is 19.3 Å². The fraction of sp³-hybridized carbons (Fsp3) is 0.462. The molecule has 0 unspecified atom stereocenters. The molecule has 0 saturated heterocycles. The number of benzene rings is 1. The highest BCUT2D eigenvalue weighted by Gasteiger charge is 2.12. The molecule has 4 nitrogen and oxygen atoms in total. The first-order chi connectivity index (χ1) is 8.74. The van der Waals surface area contributed by atoms with Crippen LogP contribution in [0.4, 0.5) is 5.69 Å². The van der Waals surface area contributed by atoms with E-state index in [-0.39, 0.29) is 0 Å². The van der Waals surface area contributed by atoms with E-state index in [1.807, 2.05) is 0 Å². The molecule has 1 heterocycles. The first-order valence-corrected chi connectivity index (χ1v) is 6.34. The van der Waals surface area contributed by atoms with Crippen LogP contribution in [-0.4, -0.2) is 26.6 Å². The molecular weight excluding hydrogens is 252 g/mol. The van der Waals surface area contributed by atoms with Crippen molar-refractivity contribution in [3.05, 3.63) is 17.2 Å². The molecular formula is C13H17ClN2O2. The standard InChI is InChI=1S/C13H17ClN2O2/c1-17-11-8-12(18-2)10(7-9(11)14)16-13-5-3-4-6-15-13/h7-8H,3-6H2,1-2H3,(H,15,16). The van der Waals surface area contributed by atoms with Gasteiger partial charge in [-0.15, -0.1) is 0 Å². The van der Waals surface area contributed by atoms with Gasteiger partial charge in [0.1, 0.15) is 17.3 Å². The zero-order chi connectivity index (χ0) is 13.0. The van der Waals surface area contributed by atoms with Crippen molar-refractivity contribution in [1.29, 1.82) is 0 Å². The molecule has 1 N–H and O–H groups in total. The fourth-order valence-electron chi connectivity index (χ4n) is 1.91. The average molecular weight is 269 g/mol. The van der Waals surface area contributed by atoms with Gasteiger partial charge in [0.2, 0.25) is 0 Å². The molecule has 0 saturated carbocycles. The molecule has 1 aromatic carbocycles. The van der Waals surface area contributed by atoms with Crippen LogP contribution in [0, 0.1) is 0 Å². The largest absolute Gasteiger partial charge is 0.495 e. The maximum atomic E-state index is 6.12. The molecule has 18 heavy (non-hydrogen) atoms. The second-order valence-electron chi connectivity index (χ2n) is 4.10. The number of anilines is 1. The first kappa shape index (κ1) is 13.0. The van der Waals surface area contributed by atoms with E-state index in [1.165, 1.54) is 0 Å². The van der Waals surface area contributed by atoms with Crippen molar-refractivity contribution in [2.24, 2.45) is 4.99 Å². The van der Waals surface area contributed by atoms with Crippen LogP contribution in [0.25, 0.3) is 0 Å². The summed E-state index contributed by atoms with van der Waals surface area (Å²) in [6.07, 6.45) is 3.29. The van der Waals surface area contributed by atoms with Gasteiger partial charge >= 0.3 is 0 Å². The lowest BCUT2D eigenvalue weighted by Crippen LogP contribution is -2.16. The molecule has 0 aliphatic carbocycles. The molecule has 0 radical (unpaired) electrons. The molecule has 1 aliphatic rings. The van der Waals surface area contributed by atoms with Gasteiger partial charge in [-0.2, -0.15) is 0 Å². The summed E-state index contributed by atoms with van der Waals surface area (Å²) >= 11 is 6.12. The second kappa shape index (κ2) is 5.96. The Morgan fingerprint density at radius 3 is 2.56 bits per heavy atom. The van der Waals surface area contributed by atoms with Crippen LogP contribution < -0.4 is 14.8 Å². The molecule has 0 spiro atoms. The summed E-state index contributed by atoms with van der Waals surface area (Å²) in [5.74, 6) is 2.29. The average Bonchev–Trinajstić information content (AvgIpc) is 2.40. The lowest BCUT2D eigenvalue weighted by atomic mass is 10.1. The highest BCUT2D eigenvalue weighted by molar-refractivity contribution is 6.32. The molecule has 0 fully saturated rings. The summed E-state index contributed by atoms with van der Waals surface area (Å²) in [4.78, 5) is 4.45. The van der Waals surface area contributed by atoms with E-state index < -0.39 is 0 Å². The van der Waals surface area contributed by atoms with E-state index in [4.69, 9.17) is 21.1 Å². The van der Waals surface area contributed by atoms with E-state index in [0.717, 1.165) is 37.3 Å². The second-order valence-corrected chi connectivity index (χ2v) is 4.50. The van der Waals surface area contributed by atoms with Crippen LogP contribution in [-0.2, 0) is 0 Å². The van der Waals surface area contributed by atoms with Crippen molar-refractivity contribution in [3.8, 4) is 11.5 Å². The van der Waals surface area contributed by atoms with Gasteiger partial charge in [0, 0.05) is 19.0 Å². The number of nitrogens with zero attached hydrogens (tertiary/aromatic N) is 1. The molecule has 5 heteroatoms. The molecule has 98 valence electrons. The number of hydrogen-bond acceptors (Lipinski definition) is 4. The molecule has 0 aromatic heterocycles. The monoisotopic (exact) mass is 268 g/mol. The van der Waals surface area contributed by atoms with E-state index in [2.05, 4.69) is 10.3 Å². The van der Waals surface area contributed by atoms with E-state index in [1.54, 1.807) is 26.4 Å². The van der Waals surface area contributed by atoms with Gasteiger partial charge in [0.15, 0.2) is 0 Å². The van der Waals surface area contributed by atoms with Crippen LogP contribution >= 0.6 is 11.6 Å². The molecule has 1 aromatic rings. The summed E-state index contributed by atoms with van der Waals surface area (Å²) in [7, 11) is 3.20. The van der Waals surface area contributed by atoms with Crippen molar-refractivity contribution in [2.75, 3.05) is 26.1 Å². The highest BCUT2D eigenvalue weighted by Crippen LogP contribution is 2.36. The van der Waals surface area contributed by atoms with Gasteiger partial charge in [0.05, 0.1) is 24.9 Å². The molecule has 2 rings (SSSR count). The van der Waals surface area contributed by atoms with Gasteiger partial charge in [-0.3, -0.25) is 4.99 Å². The van der Waals surface area contributed by atoms with Crippen molar-refractivity contribution in [3.63, 3.8) is 0 Å². The molecule has 1 aliphatic heterocycles. The molecule has 0 amide bonds. The Morgan fingerprint density at radius 2 is 1.94 bits per heavy atom. The van der Waals surface area contributed by atoms with Gasteiger partial charge in [0.25, 0.3) is 0 Å². The van der Waals surface area contributed by atoms with Crippen LogP contribution in [0.15, 0.2) is 17.1 Å². The predicted molar refractivity (Wildman–Crippen MR) is 74.3 cm³/mol. The van der Waals surface area contributed by atoms with Crippen LogP contribution in [0.2, 0.25) is 5.02 Å². The summed E-state index contributed by atoms with van der Waals surface area (Å²) in [5, 5.41) is 3.83. The number of amidine groups is 1. The Morgan fingerprint density at radius 1 is 1.17 bits per heavy atom. The molecule has 0 bridgehead atoms. The van der Waals surface area contributed by atoms with Crippen molar-refractivity contribution in [1.82, 2.24) is 0 Å². The zero-order valence-electron chi connectivity index (χ0n) is 10.6. The van der Waals surface area contributed by atoms with Crippen molar-refractivity contribution < 1.29 is 9.47 Å². The summed E-state index contributed by atoms with van der Waals surface area (Å²) in [6.45, 7) is 0.883. The summed E-state index contributed by atoms with van der Waals surface area (Å²) in [6, 6.07) is 3.57. The van der Waals surface area contributed by atoms with Crippen molar-refractivity contribution >= 4 is 23.1 Å². The van der Waals surface area contributed by atoms with Crippen LogP contribution in [0.3, 0.4) is 0 Å². The van der Waals surface area contributed by atoms with E-state index in [9.17, 15) is 0 Å². The van der Waals surface area contributed by atoms with Crippen molar-refractivity contribution in [2.45, 2.75) is 19.3 Å². The smallest absolute Gasteiger partial charge is 0.146 e. The third-order valence-corrected chi connectivity index (χ3v) is 3.17. The number of methoxy groups -OCH3 is 2. The Bertz CT molecular complexity index is 461. The quantitative estimate of drug-likeness (QED) is 0.914. The lowest BCUT2D eigenvalue weighted by Gasteiger charge is -2.17. The maximum absolute atomic E-state index is 6.12. The summed E-state index contributed by atoms with van der Waals surface area (Å²) < 4.78 is 10.5. The van der Waals surface area contributed by atoms with E-state index >= 15 is 0 Å². The van der Waals surface area contributed by atoms with Crippen LogP contribution in [0.5, 0.6) is 11.5 Å². The first-order valence-electron chi connectivity index (χ1n) is 5.96. The normalized spacial score (nSPS) is 14.9. The molecule has 0 atom stereocenters. The number of ether oxygens (including phenoxy) is 2. The third-order valence-electron chi connectivity index (χ3n) is 2.88. The van der Waals surface area contributed by atoms with Gasteiger partial charge in [-0.25, -0.2) is 0 Å². The van der Waals surface area contributed by atoms with Gasteiger partial charge < -0.3 is 14.8 Å². The van der Waals surface area contributed by atoms with E-state index in [0.29, 0.717) is 16.5 Å². The number of halogens is 1.